The summed E-state index contributed by atoms with van der Waals surface area (Å²) in [4.78, 5) is 27.0. The van der Waals surface area contributed by atoms with Crippen LogP contribution in [0.3, 0.4) is 0 Å². The lowest BCUT2D eigenvalue weighted by atomic mass is 9.89. The molecule has 1 fully saturated rings. The molecule has 2 N–H and O–H groups in total. The van der Waals surface area contributed by atoms with E-state index in [0.29, 0.717) is 23.8 Å². The Morgan fingerprint density at radius 1 is 0.871 bits per heavy atom. The quantitative estimate of drug-likeness (QED) is 0.352. The molecule has 4 nitrogen and oxygen atoms in total. The minimum atomic E-state index is -0.0737. The third-order valence-electron chi connectivity index (χ3n) is 5.42. The van der Waals surface area contributed by atoms with E-state index >= 15 is 0 Å². The molecule has 31 heavy (non-hydrogen) atoms. The average Bonchev–Trinajstić information content (AvgIpc) is 2.82. The Bertz CT molecular complexity index is 823. The summed E-state index contributed by atoms with van der Waals surface area (Å²) in [5, 5.41) is 6.09. The Kier molecular flexibility index (Phi) is 10.3. The molecule has 0 atom stereocenters. The van der Waals surface area contributed by atoms with Gasteiger partial charge in [0.2, 0.25) is 5.91 Å². The van der Waals surface area contributed by atoms with E-state index in [0.717, 1.165) is 23.6 Å². The molecule has 2 aromatic rings. The lowest BCUT2D eigenvalue weighted by Gasteiger charge is -2.21. The summed E-state index contributed by atoms with van der Waals surface area (Å²) in [6.07, 6.45) is 7.24. The molecule has 0 saturated heterocycles. The Balaban J connectivity index is 1.38. The maximum absolute atomic E-state index is 12.6. The molecule has 0 spiro atoms. The molecule has 0 heterocycles. The van der Waals surface area contributed by atoms with Gasteiger partial charge in [0, 0.05) is 22.9 Å². The Morgan fingerprint density at radius 3 is 2.42 bits per heavy atom. The summed E-state index contributed by atoms with van der Waals surface area (Å²) >= 11 is 3.23. The number of thioether (sulfide) groups is 2. The molecule has 0 bridgehead atoms. The zero-order chi connectivity index (χ0) is 21.7. The standard InChI is InChI=1S/C25H32N2O2S2/c28-24(27-18-20-10-3-1-4-11-20)19-31-23-15-8-7-14-22(23)25(29)26-16-9-17-30-21-12-5-2-6-13-21/h2,5-8,12-15,20H,1,3-4,9-11,16-19H2,(H,26,29)(H,27,28). The van der Waals surface area contributed by atoms with E-state index < -0.39 is 0 Å². The van der Waals surface area contributed by atoms with E-state index in [2.05, 4.69) is 22.8 Å². The van der Waals surface area contributed by atoms with Crippen LogP contribution in [0.1, 0.15) is 48.9 Å². The number of hydrogen-bond acceptors (Lipinski definition) is 4. The molecule has 0 aromatic heterocycles. The van der Waals surface area contributed by atoms with Crippen LogP contribution in [0, 0.1) is 5.92 Å². The van der Waals surface area contributed by atoms with Crippen LogP contribution in [0.25, 0.3) is 0 Å². The molecular formula is C25H32N2O2S2. The van der Waals surface area contributed by atoms with Crippen molar-refractivity contribution in [1.29, 1.82) is 0 Å². The summed E-state index contributed by atoms with van der Waals surface area (Å²) < 4.78 is 0. The first-order valence-corrected chi connectivity index (χ1v) is 13.1. The SMILES string of the molecule is O=C(CSc1ccccc1C(=O)NCCCSc1ccccc1)NCC1CCCCC1. The number of nitrogens with one attached hydrogen (secondary N) is 2. The van der Waals surface area contributed by atoms with Crippen LogP contribution in [0.15, 0.2) is 64.4 Å². The van der Waals surface area contributed by atoms with Gasteiger partial charge in [-0.2, -0.15) is 0 Å². The van der Waals surface area contributed by atoms with Crippen LogP contribution in [-0.4, -0.2) is 36.4 Å². The summed E-state index contributed by atoms with van der Waals surface area (Å²) in [5.74, 6) is 1.90. The normalized spacial score (nSPS) is 14.2. The highest BCUT2D eigenvalue weighted by Gasteiger charge is 2.15. The van der Waals surface area contributed by atoms with Crippen molar-refractivity contribution >= 4 is 35.3 Å². The van der Waals surface area contributed by atoms with Crippen LogP contribution in [0.5, 0.6) is 0 Å². The topological polar surface area (TPSA) is 58.2 Å². The van der Waals surface area contributed by atoms with Crippen molar-refractivity contribution in [2.45, 2.75) is 48.3 Å². The van der Waals surface area contributed by atoms with Crippen LogP contribution in [0.4, 0.5) is 0 Å². The fourth-order valence-corrected chi connectivity index (χ4v) is 5.45. The van der Waals surface area contributed by atoms with Gasteiger partial charge >= 0.3 is 0 Å². The Labute approximate surface area is 194 Å². The maximum Gasteiger partial charge on any atom is 0.252 e. The van der Waals surface area contributed by atoms with Gasteiger partial charge in [-0.3, -0.25) is 9.59 Å². The van der Waals surface area contributed by atoms with Crippen molar-refractivity contribution in [2.24, 2.45) is 5.92 Å². The predicted octanol–water partition coefficient (Wildman–Crippen LogP) is 5.39. The van der Waals surface area contributed by atoms with E-state index in [-0.39, 0.29) is 11.8 Å². The predicted molar refractivity (Wildman–Crippen MR) is 131 cm³/mol. The van der Waals surface area contributed by atoms with Crippen LogP contribution < -0.4 is 10.6 Å². The largest absolute Gasteiger partial charge is 0.355 e. The summed E-state index contributed by atoms with van der Waals surface area (Å²) in [5.41, 5.74) is 0.642. The lowest BCUT2D eigenvalue weighted by Crippen LogP contribution is -2.31. The van der Waals surface area contributed by atoms with Gasteiger partial charge in [-0.1, -0.05) is 49.6 Å². The molecule has 0 aliphatic heterocycles. The zero-order valence-corrected chi connectivity index (χ0v) is 19.6. The first kappa shape index (κ1) is 23.7. The monoisotopic (exact) mass is 456 g/mol. The number of benzene rings is 2. The van der Waals surface area contributed by atoms with Crippen LogP contribution in [-0.2, 0) is 4.79 Å². The fourth-order valence-electron chi connectivity index (χ4n) is 3.70. The molecule has 0 unspecified atom stereocenters. The zero-order valence-electron chi connectivity index (χ0n) is 18.0. The molecule has 166 valence electrons. The van der Waals surface area contributed by atoms with Crippen molar-refractivity contribution in [3.63, 3.8) is 0 Å². The first-order valence-electron chi connectivity index (χ1n) is 11.2. The van der Waals surface area contributed by atoms with Gasteiger partial charge in [0.15, 0.2) is 0 Å². The molecule has 6 heteroatoms. The number of hydrogen-bond donors (Lipinski definition) is 2. The molecule has 2 aromatic carbocycles. The second-order valence-corrected chi connectivity index (χ2v) is 10.0. The lowest BCUT2D eigenvalue weighted by molar-refractivity contribution is -0.118. The Hall–Kier alpha value is -1.92. The number of rotatable bonds is 11. The van der Waals surface area contributed by atoms with E-state index in [1.54, 1.807) is 11.8 Å². The number of carbonyl (C=O) groups is 2. The fraction of sp³-hybridized carbons (Fsp3) is 0.440. The highest BCUT2D eigenvalue weighted by Crippen LogP contribution is 2.24. The first-order chi connectivity index (χ1) is 15.2. The summed E-state index contributed by atoms with van der Waals surface area (Å²) in [7, 11) is 0. The van der Waals surface area contributed by atoms with Crippen molar-refractivity contribution < 1.29 is 9.59 Å². The molecular weight excluding hydrogens is 424 g/mol. The van der Waals surface area contributed by atoms with E-state index in [9.17, 15) is 9.59 Å². The van der Waals surface area contributed by atoms with Gasteiger partial charge < -0.3 is 10.6 Å². The van der Waals surface area contributed by atoms with Crippen molar-refractivity contribution in [3.8, 4) is 0 Å². The van der Waals surface area contributed by atoms with Gasteiger partial charge in [0.1, 0.15) is 0 Å². The smallest absolute Gasteiger partial charge is 0.252 e. The summed E-state index contributed by atoms with van der Waals surface area (Å²) in [6.45, 7) is 1.42. The molecule has 2 amide bonds. The third-order valence-corrected chi connectivity index (χ3v) is 7.59. The van der Waals surface area contributed by atoms with Crippen LogP contribution >= 0.6 is 23.5 Å². The molecule has 0 radical (unpaired) electrons. The maximum atomic E-state index is 12.6. The van der Waals surface area contributed by atoms with Gasteiger partial charge in [-0.15, -0.1) is 23.5 Å². The third kappa shape index (κ3) is 8.62. The minimum Gasteiger partial charge on any atom is -0.355 e. The van der Waals surface area contributed by atoms with E-state index in [4.69, 9.17) is 0 Å². The number of carbonyl (C=O) groups excluding carboxylic acids is 2. The summed E-state index contributed by atoms with van der Waals surface area (Å²) in [6, 6.07) is 17.8. The van der Waals surface area contributed by atoms with Gasteiger partial charge in [0.05, 0.1) is 11.3 Å². The molecule has 1 aliphatic rings. The highest BCUT2D eigenvalue weighted by molar-refractivity contribution is 8.00. The van der Waals surface area contributed by atoms with Crippen molar-refractivity contribution in [1.82, 2.24) is 10.6 Å². The van der Waals surface area contributed by atoms with Crippen LogP contribution in [0.2, 0.25) is 0 Å². The molecule has 3 rings (SSSR count). The second kappa shape index (κ2) is 13.5. The molecule has 1 saturated carbocycles. The molecule has 1 aliphatic carbocycles. The Morgan fingerprint density at radius 2 is 1.61 bits per heavy atom. The minimum absolute atomic E-state index is 0.0451. The van der Waals surface area contributed by atoms with E-state index in [1.807, 2.05) is 42.5 Å². The van der Waals surface area contributed by atoms with E-state index in [1.165, 1.54) is 48.8 Å². The van der Waals surface area contributed by atoms with Gasteiger partial charge in [-0.05, 0) is 55.2 Å². The number of amides is 2. The van der Waals surface area contributed by atoms with Gasteiger partial charge in [0.25, 0.3) is 5.91 Å². The second-order valence-electron chi connectivity index (χ2n) is 7.86. The highest BCUT2D eigenvalue weighted by atomic mass is 32.2. The van der Waals surface area contributed by atoms with Crippen molar-refractivity contribution in [2.75, 3.05) is 24.6 Å². The van der Waals surface area contributed by atoms with Gasteiger partial charge in [-0.25, -0.2) is 0 Å². The van der Waals surface area contributed by atoms with Crippen molar-refractivity contribution in [3.05, 3.63) is 60.2 Å². The average molecular weight is 457 g/mol.